The number of halogens is 1. The van der Waals surface area contributed by atoms with Crippen LogP contribution >= 0.6 is 11.6 Å². The number of nitrogens with one attached hydrogen (secondary N) is 1. The molecular weight excluding hydrogens is 308 g/mol. The number of rotatable bonds is 2. The minimum atomic E-state index is -0.278. The van der Waals surface area contributed by atoms with E-state index in [4.69, 9.17) is 11.6 Å². The molecule has 3 rings (SSSR count). The van der Waals surface area contributed by atoms with Gasteiger partial charge in [0.1, 0.15) is 0 Å². The molecule has 1 N–H and O–H groups in total. The zero-order chi connectivity index (χ0) is 16.4. The van der Waals surface area contributed by atoms with Crippen LogP contribution in [0.4, 0.5) is 0 Å². The van der Waals surface area contributed by atoms with Crippen LogP contribution in [0.25, 0.3) is 0 Å². The number of nitrogens with zero attached hydrogens (tertiary/aromatic N) is 1. The van der Waals surface area contributed by atoms with Crippen LogP contribution in [0.1, 0.15) is 45.5 Å². The molecule has 0 heterocycles. The third-order valence-electron chi connectivity index (χ3n) is 4.18. The molecule has 3 nitrogen and oxygen atoms in total. The molecule has 0 spiro atoms. The minimum Gasteiger partial charge on any atom is -0.267 e. The quantitative estimate of drug-likeness (QED) is 0.815. The van der Waals surface area contributed by atoms with Crippen molar-refractivity contribution in [1.82, 2.24) is 5.43 Å². The van der Waals surface area contributed by atoms with E-state index in [1.54, 1.807) is 24.3 Å². The summed E-state index contributed by atoms with van der Waals surface area (Å²) >= 11 is 6.05. The third-order valence-corrected chi connectivity index (χ3v) is 4.51. The summed E-state index contributed by atoms with van der Waals surface area (Å²) in [6.45, 7) is 4.22. The highest BCUT2D eigenvalue weighted by molar-refractivity contribution is 6.33. The lowest BCUT2D eigenvalue weighted by Gasteiger charge is -2.20. The number of aryl methyl sites for hydroxylation is 2. The van der Waals surface area contributed by atoms with Crippen LogP contribution in [0.15, 0.2) is 41.5 Å². The normalized spacial score (nSPS) is 15.3. The van der Waals surface area contributed by atoms with Crippen LogP contribution in [0.3, 0.4) is 0 Å². The Bertz CT molecular complexity index is 796. The van der Waals surface area contributed by atoms with Gasteiger partial charge in [-0.2, -0.15) is 5.10 Å². The van der Waals surface area contributed by atoms with Crippen LogP contribution in [0, 0.1) is 13.8 Å². The summed E-state index contributed by atoms with van der Waals surface area (Å²) in [5.74, 6) is -0.278. The molecule has 1 aliphatic carbocycles. The van der Waals surface area contributed by atoms with Gasteiger partial charge >= 0.3 is 0 Å². The maximum atomic E-state index is 12.3. The monoisotopic (exact) mass is 326 g/mol. The summed E-state index contributed by atoms with van der Waals surface area (Å²) in [5.41, 5.74) is 9.05. The number of fused-ring (bicyclic) bond motifs is 1. The number of hydrazone groups is 1. The summed E-state index contributed by atoms with van der Waals surface area (Å²) < 4.78 is 0. The molecule has 0 saturated heterocycles. The molecule has 2 aromatic rings. The first kappa shape index (κ1) is 15.8. The molecule has 0 saturated carbocycles. The van der Waals surface area contributed by atoms with Gasteiger partial charge in [0.25, 0.3) is 5.91 Å². The van der Waals surface area contributed by atoms with Crippen molar-refractivity contribution in [3.8, 4) is 0 Å². The van der Waals surface area contributed by atoms with E-state index in [1.807, 2.05) is 0 Å². The van der Waals surface area contributed by atoms with E-state index >= 15 is 0 Å². The fourth-order valence-corrected chi connectivity index (χ4v) is 3.32. The van der Waals surface area contributed by atoms with E-state index in [0.717, 1.165) is 30.5 Å². The van der Waals surface area contributed by atoms with Crippen LogP contribution in [-0.4, -0.2) is 11.6 Å². The zero-order valence-electron chi connectivity index (χ0n) is 13.3. The minimum absolute atomic E-state index is 0.278. The van der Waals surface area contributed by atoms with Crippen molar-refractivity contribution in [1.29, 1.82) is 0 Å². The molecular formula is C19H19ClN2O. The Labute approximate surface area is 141 Å². The van der Waals surface area contributed by atoms with Gasteiger partial charge in [-0.1, -0.05) is 35.4 Å². The lowest BCUT2D eigenvalue weighted by Crippen LogP contribution is -2.22. The molecule has 0 unspecified atom stereocenters. The number of benzene rings is 2. The second kappa shape index (κ2) is 6.55. The molecule has 0 atom stereocenters. The SMILES string of the molecule is Cc1cc(C)c2c(c1)C(=NNC(=O)c1ccccc1Cl)CCC2. The van der Waals surface area contributed by atoms with Gasteiger partial charge in [-0.3, -0.25) is 4.79 Å². The maximum Gasteiger partial charge on any atom is 0.272 e. The summed E-state index contributed by atoms with van der Waals surface area (Å²) in [7, 11) is 0. The number of hydrogen-bond acceptors (Lipinski definition) is 2. The van der Waals surface area contributed by atoms with E-state index < -0.39 is 0 Å². The molecule has 23 heavy (non-hydrogen) atoms. The first-order valence-corrected chi connectivity index (χ1v) is 8.16. The second-order valence-corrected chi connectivity index (χ2v) is 6.35. The molecule has 1 aliphatic rings. The predicted octanol–water partition coefficient (Wildman–Crippen LogP) is 4.43. The molecule has 1 amide bonds. The molecule has 0 aliphatic heterocycles. The Balaban J connectivity index is 1.88. The fraction of sp³-hybridized carbons (Fsp3) is 0.263. The van der Waals surface area contributed by atoms with E-state index in [-0.39, 0.29) is 5.91 Å². The van der Waals surface area contributed by atoms with E-state index in [9.17, 15) is 4.79 Å². The Kier molecular flexibility index (Phi) is 4.49. The van der Waals surface area contributed by atoms with Crippen molar-refractivity contribution < 1.29 is 4.79 Å². The molecule has 0 aromatic heterocycles. The topological polar surface area (TPSA) is 41.5 Å². The lowest BCUT2D eigenvalue weighted by atomic mass is 9.86. The average molecular weight is 327 g/mol. The first-order valence-electron chi connectivity index (χ1n) is 7.78. The molecule has 0 radical (unpaired) electrons. The van der Waals surface area contributed by atoms with Crippen molar-refractivity contribution in [3.63, 3.8) is 0 Å². The van der Waals surface area contributed by atoms with Crippen molar-refractivity contribution in [3.05, 3.63) is 69.2 Å². The summed E-state index contributed by atoms with van der Waals surface area (Å²) in [6.07, 6.45) is 3.00. The van der Waals surface area contributed by atoms with Gasteiger partial charge in [-0.05, 0) is 62.4 Å². The summed E-state index contributed by atoms with van der Waals surface area (Å²) in [5, 5.41) is 4.81. The smallest absolute Gasteiger partial charge is 0.267 e. The molecule has 118 valence electrons. The van der Waals surface area contributed by atoms with Crippen LogP contribution < -0.4 is 5.43 Å². The standard InChI is InChI=1S/C19H19ClN2O/c1-12-10-13(2)14-7-5-9-18(16(14)11-12)21-22-19(23)15-6-3-4-8-17(15)20/h3-4,6,8,10-11H,5,7,9H2,1-2H3,(H,22,23). The Morgan fingerprint density at radius 2 is 1.96 bits per heavy atom. The van der Waals surface area contributed by atoms with Crippen LogP contribution in [0.5, 0.6) is 0 Å². The molecule has 2 aromatic carbocycles. The molecule has 4 heteroatoms. The van der Waals surface area contributed by atoms with Gasteiger partial charge in [0.05, 0.1) is 16.3 Å². The van der Waals surface area contributed by atoms with Crippen molar-refractivity contribution in [2.24, 2.45) is 5.10 Å². The van der Waals surface area contributed by atoms with Crippen LogP contribution in [0.2, 0.25) is 5.02 Å². The van der Waals surface area contributed by atoms with E-state index in [0.29, 0.717) is 10.6 Å². The van der Waals surface area contributed by atoms with Crippen molar-refractivity contribution in [2.75, 3.05) is 0 Å². The van der Waals surface area contributed by atoms with Gasteiger partial charge in [-0.15, -0.1) is 0 Å². The lowest BCUT2D eigenvalue weighted by molar-refractivity contribution is 0.0955. The number of carbonyl (C=O) groups excluding carboxylic acids is 1. The van der Waals surface area contributed by atoms with Gasteiger partial charge in [0, 0.05) is 5.56 Å². The van der Waals surface area contributed by atoms with Gasteiger partial charge < -0.3 is 0 Å². The largest absolute Gasteiger partial charge is 0.272 e. The fourth-order valence-electron chi connectivity index (χ4n) is 3.09. The number of amides is 1. The highest BCUT2D eigenvalue weighted by Crippen LogP contribution is 2.26. The molecule has 0 fully saturated rings. The van der Waals surface area contributed by atoms with Crippen molar-refractivity contribution >= 4 is 23.2 Å². The van der Waals surface area contributed by atoms with Gasteiger partial charge in [0.15, 0.2) is 0 Å². The van der Waals surface area contributed by atoms with E-state index in [2.05, 4.69) is 36.5 Å². The zero-order valence-corrected chi connectivity index (χ0v) is 14.1. The Hall–Kier alpha value is -2.13. The first-order chi connectivity index (χ1) is 11.1. The highest BCUT2D eigenvalue weighted by atomic mass is 35.5. The van der Waals surface area contributed by atoms with Crippen LogP contribution in [-0.2, 0) is 6.42 Å². The second-order valence-electron chi connectivity index (χ2n) is 5.94. The Morgan fingerprint density at radius 3 is 2.74 bits per heavy atom. The number of carbonyl (C=O) groups is 1. The van der Waals surface area contributed by atoms with Gasteiger partial charge in [-0.25, -0.2) is 5.43 Å². The summed E-state index contributed by atoms with van der Waals surface area (Å²) in [4.78, 5) is 12.3. The van der Waals surface area contributed by atoms with E-state index in [1.165, 1.54) is 16.7 Å². The highest BCUT2D eigenvalue weighted by Gasteiger charge is 2.18. The van der Waals surface area contributed by atoms with Gasteiger partial charge in [0.2, 0.25) is 0 Å². The average Bonchev–Trinajstić information content (AvgIpc) is 2.53. The Morgan fingerprint density at radius 1 is 1.17 bits per heavy atom. The van der Waals surface area contributed by atoms with Crippen molar-refractivity contribution in [2.45, 2.75) is 33.1 Å². The maximum absolute atomic E-state index is 12.3. The third kappa shape index (κ3) is 3.30. The summed E-state index contributed by atoms with van der Waals surface area (Å²) in [6, 6.07) is 11.3. The number of hydrogen-bond donors (Lipinski definition) is 1. The molecule has 0 bridgehead atoms. The predicted molar refractivity (Wildman–Crippen MR) is 94.3 cm³/mol.